The summed E-state index contributed by atoms with van der Waals surface area (Å²) in [6.07, 6.45) is 8.09. The molecule has 3 aliphatic rings. The number of nitrogens with zero attached hydrogens (tertiary/aromatic N) is 1. The minimum atomic E-state index is -1.54. The number of nitrogens with one attached hydrogen (secondary N) is 1. The van der Waals surface area contributed by atoms with Gasteiger partial charge in [-0.25, -0.2) is 4.21 Å². The second-order valence-electron chi connectivity index (χ2n) is 12.5. The first-order valence-corrected chi connectivity index (χ1v) is 16.6. The van der Waals surface area contributed by atoms with Crippen molar-refractivity contribution in [1.29, 1.82) is 0 Å². The van der Waals surface area contributed by atoms with E-state index in [1.165, 1.54) is 11.1 Å². The number of allylic oxidation sites excluding steroid dienone is 1. The molecule has 5 rings (SSSR count). The van der Waals surface area contributed by atoms with Crippen molar-refractivity contribution in [1.82, 2.24) is 4.72 Å². The molecule has 0 spiro atoms. The quantitative estimate of drug-likeness (QED) is 0.411. The van der Waals surface area contributed by atoms with Gasteiger partial charge in [0.25, 0.3) is 5.91 Å². The lowest BCUT2D eigenvalue weighted by Gasteiger charge is -2.44. The number of amides is 1. The highest BCUT2D eigenvalue weighted by Crippen LogP contribution is 2.44. The number of hydrogen-bond donors (Lipinski definition) is 2. The van der Waals surface area contributed by atoms with E-state index in [-0.39, 0.29) is 28.4 Å². The maximum Gasteiger partial charge on any atom is 0.263 e. The van der Waals surface area contributed by atoms with Crippen molar-refractivity contribution in [3.63, 3.8) is 0 Å². The Hall–Kier alpha value is -2.35. The molecule has 2 aliphatic heterocycles. The van der Waals surface area contributed by atoms with E-state index in [2.05, 4.69) is 35.6 Å². The zero-order chi connectivity index (χ0) is 29.3. The number of anilines is 1. The Morgan fingerprint density at radius 3 is 2.73 bits per heavy atom. The van der Waals surface area contributed by atoms with E-state index < -0.39 is 17.1 Å². The Kier molecular flexibility index (Phi) is 9.17. The molecule has 0 aromatic heterocycles. The monoisotopic (exact) mass is 598 g/mol. The lowest BCUT2D eigenvalue weighted by atomic mass is 9.70. The van der Waals surface area contributed by atoms with E-state index in [0.29, 0.717) is 31.1 Å². The minimum absolute atomic E-state index is 0.0868. The molecule has 8 heteroatoms. The normalized spacial score (nSPS) is 33.0. The number of aliphatic hydroxyl groups excluding tert-OH is 1. The van der Waals surface area contributed by atoms with Gasteiger partial charge in [0.1, 0.15) is 16.7 Å². The summed E-state index contributed by atoms with van der Waals surface area (Å²) in [5, 5.41) is 11.6. The van der Waals surface area contributed by atoms with E-state index in [1.807, 2.05) is 44.2 Å². The Balaban J connectivity index is 1.56. The fourth-order valence-corrected chi connectivity index (χ4v) is 7.76. The predicted octanol–water partition coefficient (Wildman–Crippen LogP) is 6.21. The highest BCUT2D eigenvalue weighted by atomic mass is 35.5. The Labute approximate surface area is 252 Å². The molecular formula is C33H43ClN2O4S. The van der Waals surface area contributed by atoms with Gasteiger partial charge in [0.05, 0.1) is 23.6 Å². The summed E-state index contributed by atoms with van der Waals surface area (Å²) in [4.78, 5) is 15.6. The summed E-state index contributed by atoms with van der Waals surface area (Å²) in [5.74, 6) is 0.970. The predicted molar refractivity (Wildman–Crippen MR) is 167 cm³/mol. The van der Waals surface area contributed by atoms with Crippen molar-refractivity contribution in [2.75, 3.05) is 24.6 Å². The number of aryl methyl sites for hydroxylation is 1. The molecule has 0 saturated heterocycles. The maximum absolute atomic E-state index is 13.3. The van der Waals surface area contributed by atoms with E-state index in [9.17, 15) is 14.1 Å². The number of halogens is 1. The molecule has 2 N–H and O–H groups in total. The molecule has 222 valence electrons. The van der Waals surface area contributed by atoms with Crippen LogP contribution in [0.3, 0.4) is 0 Å². The van der Waals surface area contributed by atoms with Crippen LogP contribution in [0.1, 0.15) is 74.9 Å². The molecule has 1 saturated carbocycles. The lowest BCUT2D eigenvalue weighted by molar-refractivity contribution is 0.0457. The number of aliphatic hydroxyl groups is 1. The second kappa shape index (κ2) is 12.5. The van der Waals surface area contributed by atoms with Crippen LogP contribution < -0.4 is 14.4 Å². The van der Waals surface area contributed by atoms with Gasteiger partial charge in [-0.1, -0.05) is 57.0 Å². The molecule has 2 aromatic carbocycles. The van der Waals surface area contributed by atoms with Crippen LogP contribution in [0.2, 0.25) is 5.02 Å². The van der Waals surface area contributed by atoms with Gasteiger partial charge < -0.3 is 14.7 Å². The average Bonchev–Trinajstić information content (AvgIpc) is 3.06. The number of hydrogen-bond acceptors (Lipinski definition) is 5. The van der Waals surface area contributed by atoms with Crippen LogP contribution in [-0.2, 0) is 22.8 Å². The number of rotatable bonds is 3. The third-order valence-corrected chi connectivity index (χ3v) is 11.2. The Morgan fingerprint density at radius 2 is 2.00 bits per heavy atom. The topological polar surface area (TPSA) is 78.9 Å². The summed E-state index contributed by atoms with van der Waals surface area (Å²) in [7, 11) is -1.54. The summed E-state index contributed by atoms with van der Waals surface area (Å²) in [5.41, 5.74) is 3.46. The van der Waals surface area contributed by atoms with Gasteiger partial charge in [0.15, 0.2) is 0 Å². The molecule has 6 nitrogen and oxygen atoms in total. The van der Waals surface area contributed by atoms with Crippen molar-refractivity contribution in [2.45, 2.75) is 76.6 Å². The van der Waals surface area contributed by atoms with E-state index >= 15 is 0 Å². The van der Waals surface area contributed by atoms with E-state index in [0.717, 1.165) is 48.7 Å². The van der Waals surface area contributed by atoms with Gasteiger partial charge >= 0.3 is 0 Å². The first-order valence-electron chi connectivity index (χ1n) is 15.0. The Bertz CT molecular complexity index is 1330. The van der Waals surface area contributed by atoms with Gasteiger partial charge in [-0.3, -0.25) is 9.52 Å². The lowest BCUT2D eigenvalue weighted by Crippen LogP contribution is -2.47. The van der Waals surface area contributed by atoms with Crippen molar-refractivity contribution in [3.8, 4) is 5.75 Å². The van der Waals surface area contributed by atoms with Crippen LogP contribution in [0.15, 0.2) is 48.6 Å². The second-order valence-corrected chi connectivity index (χ2v) is 14.5. The standard InChI is InChI=1S/C33H43ClN2O4S/c1-5-7-23-16-26(34)12-14-28(23)33(4)19-36-18-25-10-13-27(25)30(37)9-6-8-21(2)22(3)41(39)35-32(38)24-11-15-31(40-20-33)29(36)17-24/h6,9,11-12,14-17,21-22,25,27,30,37H,5,7-8,10,13,18-20H2,1-4H3,(H,35,38)/b9-6+/t21?,22?,25?,27?,30?,33-,41?/m0/s1. The summed E-state index contributed by atoms with van der Waals surface area (Å²) < 4.78 is 22.3. The van der Waals surface area contributed by atoms with Crippen LogP contribution in [0.25, 0.3) is 0 Å². The van der Waals surface area contributed by atoms with Crippen molar-refractivity contribution in [3.05, 3.63) is 70.3 Å². The van der Waals surface area contributed by atoms with Crippen LogP contribution in [-0.4, -0.2) is 46.3 Å². The van der Waals surface area contributed by atoms with Crippen LogP contribution in [0.5, 0.6) is 5.75 Å². The first kappa shape index (κ1) is 30.1. The fraction of sp³-hybridized carbons (Fsp3) is 0.545. The largest absolute Gasteiger partial charge is 0.490 e. The van der Waals surface area contributed by atoms with Gasteiger partial charge in [-0.15, -0.1) is 0 Å². The smallest absolute Gasteiger partial charge is 0.263 e. The highest BCUT2D eigenvalue weighted by Gasteiger charge is 2.41. The van der Waals surface area contributed by atoms with Crippen molar-refractivity contribution in [2.24, 2.45) is 17.8 Å². The maximum atomic E-state index is 13.3. The molecule has 1 aliphatic carbocycles. The van der Waals surface area contributed by atoms with Gasteiger partial charge in [0, 0.05) is 29.1 Å². The van der Waals surface area contributed by atoms with Crippen molar-refractivity contribution < 1.29 is 18.8 Å². The highest BCUT2D eigenvalue weighted by molar-refractivity contribution is 7.84. The number of ether oxygens (including phenoxy) is 1. The average molecular weight is 599 g/mol. The van der Waals surface area contributed by atoms with Gasteiger partial charge in [-0.2, -0.15) is 0 Å². The fourth-order valence-electron chi connectivity index (χ4n) is 6.55. The molecule has 7 atom stereocenters. The van der Waals surface area contributed by atoms with Crippen LogP contribution in [0, 0.1) is 17.8 Å². The summed E-state index contributed by atoms with van der Waals surface area (Å²) in [6, 6.07) is 11.7. The molecule has 1 amide bonds. The number of benzene rings is 2. The molecule has 2 heterocycles. The van der Waals surface area contributed by atoms with Crippen molar-refractivity contribution >= 4 is 34.2 Å². The number of fused-ring (bicyclic) bond motifs is 2. The number of carbonyl (C=O) groups is 1. The summed E-state index contributed by atoms with van der Waals surface area (Å²) in [6.45, 7) is 10.3. The zero-order valence-electron chi connectivity index (χ0n) is 24.6. The number of carbonyl (C=O) groups excluding carboxylic acids is 1. The third kappa shape index (κ3) is 6.37. The summed E-state index contributed by atoms with van der Waals surface area (Å²) >= 11 is 6.42. The minimum Gasteiger partial charge on any atom is -0.490 e. The zero-order valence-corrected chi connectivity index (χ0v) is 26.1. The van der Waals surface area contributed by atoms with Crippen LogP contribution in [0.4, 0.5) is 5.69 Å². The van der Waals surface area contributed by atoms with Gasteiger partial charge in [0.2, 0.25) is 0 Å². The molecule has 1 fully saturated rings. The van der Waals surface area contributed by atoms with Gasteiger partial charge in [-0.05, 0) is 91.8 Å². The van der Waals surface area contributed by atoms with E-state index in [4.69, 9.17) is 16.3 Å². The SMILES string of the molecule is CCCc1cc(Cl)ccc1[C@]1(C)COc2ccc3cc2N(CC2CCC2C(O)/C=C/CC(C)C(C)S(=O)NC3=O)C1. The first-order chi connectivity index (χ1) is 19.6. The molecular weight excluding hydrogens is 556 g/mol. The molecule has 41 heavy (non-hydrogen) atoms. The molecule has 2 aromatic rings. The van der Waals surface area contributed by atoms with E-state index in [1.54, 1.807) is 6.07 Å². The van der Waals surface area contributed by atoms with Crippen LogP contribution >= 0.6 is 11.6 Å². The third-order valence-electron chi connectivity index (χ3n) is 9.43. The molecule has 0 radical (unpaired) electrons. The Morgan fingerprint density at radius 1 is 1.20 bits per heavy atom. The molecule has 6 unspecified atom stereocenters. The molecule has 2 bridgehead atoms.